The van der Waals surface area contributed by atoms with Crippen LogP contribution in [0.3, 0.4) is 0 Å². The first-order chi connectivity index (χ1) is 18.6. The third kappa shape index (κ3) is 5.34. The highest BCUT2D eigenvalue weighted by molar-refractivity contribution is 7.21. The van der Waals surface area contributed by atoms with Crippen LogP contribution in [-0.2, 0) is 12.8 Å². The number of alkyl halides is 3. The molecule has 11 heteroatoms. The average molecular weight is 552 g/mol. The van der Waals surface area contributed by atoms with Gasteiger partial charge in [-0.1, -0.05) is 48.5 Å². The molecule has 0 radical (unpaired) electrons. The minimum Gasteiger partial charge on any atom is -0.485 e. The minimum absolute atomic E-state index is 0.0401. The molecule has 3 aromatic heterocycles. The predicted molar refractivity (Wildman–Crippen MR) is 141 cm³/mol. The number of carbonyl (C=O) groups is 2. The molecule has 0 saturated heterocycles. The third-order valence-corrected chi connectivity index (χ3v) is 6.95. The molecule has 39 heavy (non-hydrogen) atoms. The van der Waals surface area contributed by atoms with E-state index in [-0.39, 0.29) is 38.7 Å². The van der Waals surface area contributed by atoms with Gasteiger partial charge in [0, 0.05) is 5.39 Å². The Morgan fingerprint density at radius 1 is 1.05 bits per heavy atom. The van der Waals surface area contributed by atoms with Crippen LogP contribution in [0, 0.1) is 6.92 Å². The maximum absolute atomic E-state index is 13.7. The number of nitrogens with zero attached hydrogens (tertiary/aromatic N) is 1. The van der Waals surface area contributed by atoms with Gasteiger partial charge in [-0.2, -0.15) is 13.2 Å². The van der Waals surface area contributed by atoms with E-state index in [0.717, 1.165) is 11.6 Å². The molecule has 198 valence electrons. The number of pyridine rings is 1. The number of para-hydroxylation sites is 1. The lowest BCUT2D eigenvalue weighted by molar-refractivity contribution is -0.140. The highest BCUT2D eigenvalue weighted by Crippen LogP contribution is 2.43. The lowest BCUT2D eigenvalue weighted by Crippen LogP contribution is -2.16. The number of furan rings is 1. The number of carbonyl (C=O) groups excluding carboxylic acids is 2. The Morgan fingerprint density at radius 3 is 2.46 bits per heavy atom. The highest BCUT2D eigenvalue weighted by Gasteiger charge is 2.35. The lowest BCUT2D eigenvalue weighted by atomic mass is 10.0. The second-order valence-corrected chi connectivity index (χ2v) is 9.54. The zero-order valence-electron chi connectivity index (χ0n) is 20.3. The number of thiophene rings is 1. The number of primary amides is 1. The Kier molecular flexibility index (Phi) is 6.83. The maximum atomic E-state index is 13.7. The van der Waals surface area contributed by atoms with Crippen LogP contribution in [0.15, 0.2) is 77.2 Å². The summed E-state index contributed by atoms with van der Waals surface area (Å²) in [5, 5.41) is 2.77. The Labute approximate surface area is 224 Å². The monoisotopic (exact) mass is 551 g/mol. The molecule has 5 rings (SSSR count). The molecule has 5 aromatic rings. The number of aromatic nitrogens is 1. The molecule has 0 atom stereocenters. The number of nitrogens with one attached hydrogen (secondary N) is 1. The van der Waals surface area contributed by atoms with Gasteiger partial charge in [0.1, 0.15) is 33.5 Å². The fourth-order valence-electron chi connectivity index (χ4n) is 4.00. The van der Waals surface area contributed by atoms with Crippen molar-refractivity contribution in [3.63, 3.8) is 0 Å². The van der Waals surface area contributed by atoms with Gasteiger partial charge in [-0.05, 0) is 47.9 Å². The number of ether oxygens (including phenoxy) is 1. The number of anilines is 1. The summed E-state index contributed by atoms with van der Waals surface area (Å²) < 4.78 is 52.4. The number of hydrogen-bond donors (Lipinski definition) is 2. The van der Waals surface area contributed by atoms with Gasteiger partial charge in [0.05, 0.1) is 5.69 Å². The number of rotatable bonds is 7. The smallest absolute Gasteiger partial charge is 0.433 e. The summed E-state index contributed by atoms with van der Waals surface area (Å²) in [6.45, 7) is 1.96. The molecule has 0 unspecified atom stereocenters. The first-order valence-corrected chi connectivity index (χ1v) is 12.4. The van der Waals surface area contributed by atoms with E-state index < -0.39 is 23.7 Å². The Bertz CT molecular complexity index is 1690. The van der Waals surface area contributed by atoms with Crippen LogP contribution in [-0.4, -0.2) is 16.8 Å². The largest absolute Gasteiger partial charge is 0.485 e. The summed E-state index contributed by atoms with van der Waals surface area (Å²) in [7, 11) is 0. The molecule has 0 aliphatic rings. The summed E-state index contributed by atoms with van der Waals surface area (Å²) in [6, 6.07) is 19.6. The second-order valence-electron chi connectivity index (χ2n) is 8.54. The van der Waals surface area contributed by atoms with Crippen LogP contribution in [0.4, 0.5) is 18.9 Å². The molecule has 3 heterocycles. The van der Waals surface area contributed by atoms with E-state index in [4.69, 9.17) is 14.9 Å². The summed E-state index contributed by atoms with van der Waals surface area (Å²) in [5.41, 5.74) is 5.88. The third-order valence-electron chi connectivity index (χ3n) is 5.85. The van der Waals surface area contributed by atoms with Crippen molar-refractivity contribution >= 4 is 39.1 Å². The summed E-state index contributed by atoms with van der Waals surface area (Å²) >= 11 is 0.670. The van der Waals surface area contributed by atoms with Crippen LogP contribution in [0.2, 0.25) is 0 Å². The number of hydrogen-bond acceptors (Lipinski definition) is 6. The van der Waals surface area contributed by atoms with E-state index in [9.17, 15) is 22.8 Å². The second kappa shape index (κ2) is 10.3. The van der Waals surface area contributed by atoms with Gasteiger partial charge < -0.3 is 20.2 Å². The van der Waals surface area contributed by atoms with Crippen LogP contribution >= 0.6 is 11.3 Å². The fraction of sp³-hybridized carbons (Fsp3) is 0.107. The number of halogens is 3. The van der Waals surface area contributed by atoms with Gasteiger partial charge in [0.25, 0.3) is 11.8 Å². The van der Waals surface area contributed by atoms with Crippen molar-refractivity contribution in [3.8, 4) is 16.9 Å². The SMILES string of the molecule is Cc1ccccc1OCc1ccc(C(=O)Nc2c(C(N)=O)sc3nc(C(F)(F)F)cc(-c4ccccc4)c23)o1. The van der Waals surface area contributed by atoms with Crippen molar-refractivity contribution in [3.05, 3.63) is 100 Å². The number of benzene rings is 2. The van der Waals surface area contributed by atoms with Crippen molar-refractivity contribution < 1.29 is 31.9 Å². The van der Waals surface area contributed by atoms with E-state index >= 15 is 0 Å². The molecule has 0 aliphatic carbocycles. The molecule has 0 saturated carbocycles. The van der Waals surface area contributed by atoms with Gasteiger partial charge in [-0.25, -0.2) is 4.98 Å². The van der Waals surface area contributed by atoms with E-state index in [1.165, 1.54) is 6.07 Å². The van der Waals surface area contributed by atoms with Crippen LogP contribution < -0.4 is 15.8 Å². The highest BCUT2D eigenvalue weighted by atomic mass is 32.1. The molecule has 7 nitrogen and oxygen atoms in total. The molecular formula is C28H20F3N3O4S. The number of amides is 2. The summed E-state index contributed by atoms with van der Waals surface area (Å²) in [5.74, 6) is -0.703. The Morgan fingerprint density at radius 2 is 1.77 bits per heavy atom. The van der Waals surface area contributed by atoms with Crippen LogP contribution in [0.1, 0.15) is 37.2 Å². The zero-order chi connectivity index (χ0) is 27.7. The topological polar surface area (TPSA) is 107 Å². The molecule has 0 spiro atoms. The molecule has 3 N–H and O–H groups in total. The molecular weight excluding hydrogens is 531 g/mol. The van der Waals surface area contributed by atoms with Crippen LogP contribution in [0.5, 0.6) is 5.75 Å². The Hall–Kier alpha value is -4.64. The summed E-state index contributed by atoms with van der Waals surface area (Å²) in [4.78, 5) is 28.9. The maximum Gasteiger partial charge on any atom is 0.433 e. The quantitative estimate of drug-likeness (QED) is 0.231. The molecule has 2 amide bonds. The fourth-order valence-corrected chi connectivity index (χ4v) is 5.01. The molecule has 2 aromatic carbocycles. The standard InChI is InChI=1S/C28H20F3N3O4S/c1-15-7-5-6-10-19(15)37-14-17-11-12-20(38-17)26(36)34-23-22-18(16-8-3-2-4-9-16)13-21(28(29,30)31)33-27(22)39-24(23)25(32)35/h2-13H,14H2,1H3,(H2,32,35)(H,34,36). The Balaban J connectivity index is 1.52. The molecule has 0 fully saturated rings. The van der Waals surface area contributed by atoms with E-state index in [0.29, 0.717) is 28.4 Å². The summed E-state index contributed by atoms with van der Waals surface area (Å²) in [6.07, 6.45) is -4.73. The minimum atomic E-state index is -4.73. The number of aryl methyl sites for hydroxylation is 1. The van der Waals surface area contributed by atoms with E-state index in [2.05, 4.69) is 10.3 Å². The first kappa shape index (κ1) is 26.0. The average Bonchev–Trinajstić information content (AvgIpc) is 3.53. The number of nitrogens with two attached hydrogens (primary N) is 1. The van der Waals surface area contributed by atoms with Crippen molar-refractivity contribution in [2.75, 3.05) is 5.32 Å². The normalized spacial score (nSPS) is 11.5. The molecule has 0 bridgehead atoms. The zero-order valence-corrected chi connectivity index (χ0v) is 21.2. The van der Waals surface area contributed by atoms with Gasteiger partial charge >= 0.3 is 6.18 Å². The van der Waals surface area contributed by atoms with Crippen LogP contribution in [0.25, 0.3) is 21.3 Å². The van der Waals surface area contributed by atoms with Crippen molar-refractivity contribution in [1.29, 1.82) is 0 Å². The number of fused-ring (bicyclic) bond motifs is 1. The van der Waals surface area contributed by atoms with Crippen molar-refractivity contribution in [2.45, 2.75) is 19.7 Å². The van der Waals surface area contributed by atoms with Crippen molar-refractivity contribution in [2.24, 2.45) is 5.73 Å². The lowest BCUT2D eigenvalue weighted by Gasteiger charge is -2.12. The van der Waals surface area contributed by atoms with Crippen molar-refractivity contribution in [1.82, 2.24) is 4.98 Å². The van der Waals surface area contributed by atoms with Gasteiger partial charge in [-0.15, -0.1) is 11.3 Å². The van der Waals surface area contributed by atoms with Gasteiger partial charge in [0.15, 0.2) is 5.76 Å². The van der Waals surface area contributed by atoms with Gasteiger partial charge in [0.2, 0.25) is 0 Å². The first-order valence-electron chi connectivity index (χ1n) is 11.6. The van der Waals surface area contributed by atoms with Gasteiger partial charge in [-0.3, -0.25) is 9.59 Å². The van der Waals surface area contributed by atoms with E-state index in [1.54, 1.807) is 36.4 Å². The predicted octanol–water partition coefficient (Wildman–Crippen LogP) is 6.81. The molecule has 0 aliphatic heterocycles. The van der Waals surface area contributed by atoms with E-state index in [1.807, 2.05) is 31.2 Å².